The van der Waals surface area contributed by atoms with Gasteiger partial charge in [0.15, 0.2) is 5.96 Å². The number of methoxy groups -OCH3 is 1. The molecule has 7 nitrogen and oxygen atoms in total. The minimum atomic E-state index is 0.482. The quantitative estimate of drug-likeness (QED) is 0.300. The summed E-state index contributed by atoms with van der Waals surface area (Å²) in [5.74, 6) is 2.15. The number of benzene rings is 2. The van der Waals surface area contributed by atoms with E-state index in [2.05, 4.69) is 20.6 Å². The molecule has 0 unspecified atom stereocenters. The van der Waals surface area contributed by atoms with Gasteiger partial charge >= 0.3 is 0 Å². The van der Waals surface area contributed by atoms with Gasteiger partial charge in [0.25, 0.3) is 0 Å². The maximum atomic E-state index is 5.60. The minimum absolute atomic E-state index is 0.482. The van der Waals surface area contributed by atoms with Gasteiger partial charge in [-0.3, -0.25) is 0 Å². The van der Waals surface area contributed by atoms with E-state index in [1.807, 2.05) is 66.9 Å². The maximum absolute atomic E-state index is 5.60. The SMILES string of the molecule is CCNC(=NCc1csc(-c2ccc(OC)cc2)n1)NCc1coc(-c2ccccc2)n1. The molecule has 2 aromatic heterocycles. The first kappa shape index (κ1) is 21.6. The molecule has 0 radical (unpaired) electrons. The Morgan fingerprint density at radius 1 is 1.00 bits per heavy atom. The highest BCUT2D eigenvalue weighted by Crippen LogP contribution is 2.26. The van der Waals surface area contributed by atoms with Crippen LogP contribution in [0.2, 0.25) is 0 Å². The Bertz CT molecular complexity index is 1150. The lowest BCUT2D eigenvalue weighted by atomic mass is 10.2. The van der Waals surface area contributed by atoms with E-state index >= 15 is 0 Å². The van der Waals surface area contributed by atoms with E-state index in [1.165, 1.54) is 0 Å². The molecule has 4 rings (SSSR count). The molecule has 8 heteroatoms. The molecule has 0 amide bonds. The molecule has 32 heavy (non-hydrogen) atoms. The van der Waals surface area contributed by atoms with Crippen molar-refractivity contribution in [3.63, 3.8) is 0 Å². The number of guanidine groups is 1. The van der Waals surface area contributed by atoms with E-state index in [1.54, 1.807) is 24.7 Å². The van der Waals surface area contributed by atoms with Gasteiger partial charge in [0, 0.05) is 23.1 Å². The number of ether oxygens (including phenoxy) is 1. The molecule has 0 bridgehead atoms. The zero-order valence-electron chi connectivity index (χ0n) is 18.0. The molecule has 0 aliphatic heterocycles. The fourth-order valence-electron chi connectivity index (χ4n) is 3.02. The molecule has 2 heterocycles. The highest BCUT2D eigenvalue weighted by Gasteiger charge is 2.08. The van der Waals surface area contributed by atoms with Crippen LogP contribution in [0.3, 0.4) is 0 Å². The van der Waals surface area contributed by atoms with Crippen molar-refractivity contribution in [2.75, 3.05) is 13.7 Å². The van der Waals surface area contributed by atoms with Crippen LogP contribution in [0, 0.1) is 0 Å². The second kappa shape index (κ2) is 10.6. The first-order valence-electron chi connectivity index (χ1n) is 10.4. The Morgan fingerprint density at radius 2 is 1.81 bits per heavy atom. The Balaban J connectivity index is 1.37. The van der Waals surface area contributed by atoms with Gasteiger partial charge in [-0.2, -0.15) is 0 Å². The van der Waals surface area contributed by atoms with Gasteiger partial charge in [-0.15, -0.1) is 11.3 Å². The van der Waals surface area contributed by atoms with Crippen LogP contribution in [-0.2, 0) is 13.1 Å². The van der Waals surface area contributed by atoms with E-state index in [9.17, 15) is 0 Å². The van der Waals surface area contributed by atoms with Crippen LogP contribution >= 0.6 is 11.3 Å². The van der Waals surface area contributed by atoms with Crippen LogP contribution in [0.5, 0.6) is 5.75 Å². The highest BCUT2D eigenvalue weighted by atomic mass is 32.1. The maximum Gasteiger partial charge on any atom is 0.226 e. The normalized spacial score (nSPS) is 11.4. The summed E-state index contributed by atoms with van der Waals surface area (Å²) in [6.45, 7) is 3.78. The second-order valence-electron chi connectivity index (χ2n) is 6.93. The summed E-state index contributed by atoms with van der Waals surface area (Å²) >= 11 is 1.61. The lowest BCUT2D eigenvalue weighted by Gasteiger charge is -2.09. The Labute approximate surface area is 191 Å². The highest BCUT2D eigenvalue weighted by molar-refractivity contribution is 7.13. The largest absolute Gasteiger partial charge is 0.497 e. The summed E-state index contributed by atoms with van der Waals surface area (Å²) in [7, 11) is 1.66. The fourth-order valence-corrected chi connectivity index (χ4v) is 3.84. The van der Waals surface area contributed by atoms with Crippen molar-refractivity contribution >= 4 is 17.3 Å². The van der Waals surface area contributed by atoms with E-state index in [0.29, 0.717) is 24.9 Å². The summed E-state index contributed by atoms with van der Waals surface area (Å²) in [5, 5.41) is 9.56. The number of oxazole rings is 1. The number of aromatic nitrogens is 2. The van der Waals surface area contributed by atoms with Gasteiger partial charge in [0.1, 0.15) is 17.0 Å². The van der Waals surface area contributed by atoms with Crippen LogP contribution in [-0.4, -0.2) is 29.6 Å². The number of hydrogen-bond donors (Lipinski definition) is 2. The average Bonchev–Trinajstić information content (AvgIpc) is 3.51. The lowest BCUT2D eigenvalue weighted by Crippen LogP contribution is -2.36. The number of aliphatic imine (C=N–C) groups is 1. The molecule has 0 aliphatic carbocycles. The van der Waals surface area contributed by atoms with Crippen molar-refractivity contribution in [2.45, 2.75) is 20.0 Å². The van der Waals surface area contributed by atoms with Crippen molar-refractivity contribution in [3.05, 3.63) is 77.6 Å². The van der Waals surface area contributed by atoms with Crippen LogP contribution in [0.15, 0.2) is 75.7 Å². The zero-order valence-corrected chi connectivity index (χ0v) is 18.9. The second-order valence-corrected chi connectivity index (χ2v) is 7.79. The summed E-state index contributed by atoms with van der Waals surface area (Å²) in [6, 6.07) is 17.7. The monoisotopic (exact) mass is 447 g/mol. The molecule has 0 atom stereocenters. The van der Waals surface area contributed by atoms with E-state index in [0.717, 1.165) is 39.8 Å². The lowest BCUT2D eigenvalue weighted by molar-refractivity contribution is 0.415. The van der Waals surface area contributed by atoms with Gasteiger partial charge < -0.3 is 19.8 Å². The van der Waals surface area contributed by atoms with Gasteiger partial charge in [0.2, 0.25) is 5.89 Å². The van der Waals surface area contributed by atoms with E-state index < -0.39 is 0 Å². The topological polar surface area (TPSA) is 84.6 Å². The molecule has 164 valence electrons. The molecule has 0 fully saturated rings. The number of nitrogens with one attached hydrogen (secondary N) is 2. The Kier molecular flexibility index (Phi) is 7.14. The van der Waals surface area contributed by atoms with Gasteiger partial charge in [-0.05, 0) is 43.3 Å². The van der Waals surface area contributed by atoms with Crippen LogP contribution in [0.1, 0.15) is 18.3 Å². The third kappa shape index (κ3) is 5.53. The molecule has 2 aromatic carbocycles. The smallest absolute Gasteiger partial charge is 0.226 e. The molecular formula is C24H25N5O2S. The standard InChI is InChI=1S/C24H25N5O2S/c1-3-25-24(26-13-19-15-31-22(28-19)17-7-5-4-6-8-17)27-14-20-16-32-23(29-20)18-9-11-21(30-2)12-10-18/h4-12,15-16H,3,13-14H2,1-2H3,(H2,25,26,27). The molecule has 0 aliphatic rings. The van der Waals surface area contributed by atoms with Crippen molar-refractivity contribution in [3.8, 4) is 27.8 Å². The number of hydrogen-bond acceptors (Lipinski definition) is 6. The molecule has 0 saturated carbocycles. The van der Waals surface area contributed by atoms with Gasteiger partial charge in [-0.1, -0.05) is 18.2 Å². The third-order valence-electron chi connectivity index (χ3n) is 4.64. The zero-order chi connectivity index (χ0) is 22.2. The van der Waals surface area contributed by atoms with Crippen LogP contribution in [0.25, 0.3) is 22.0 Å². The first-order valence-corrected chi connectivity index (χ1v) is 11.2. The minimum Gasteiger partial charge on any atom is -0.497 e. The van der Waals surface area contributed by atoms with E-state index in [-0.39, 0.29) is 0 Å². The Hall–Kier alpha value is -3.65. The summed E-state index contributed by atoms with van der Waals surface area (Å²) < 4.78 is 10.8. The fraction of sp³-hybridized carbons (Fsp3) is 0.208. The van der Waals surface area contributed by atoms with Crippen molar-refractivity contribution in [1.82, 2.24) is 20.6 Å². The molecule has 2 N–H and O–H groups in total. The van der Waals surface area contributed by atoms with Gasteiger partial charge in [0.05, 0.1) is 31.6 Å². The van der Waals surface area contributed by atoms with E-state index in [4.69, 9.17) is 14.1 Å². The number of rotatable bonds is 8. The molecule has 0 saturated heterocycles. The van der Waals surface area contributed by atoms with Crippen molar-refractivity contribution in [1.29, 1.82) is 0 Å². The summed E-state index contributed by atoms with van der Waals surface area (Å²) in [6.07, 6.45) is 1.67. The third-order valence-corrected chi connectivity index (χ3v) is 5.58. The van der Waals surface area contributed by atoms with Crippen LogP contribution < -0.4 is 15.4 Å². The first-order chi connectivity index (χ1) is 15.7. The molecule has 0 spiro atoms. The number of thiazole rings is 1. The van der Waals surface area contributed by atoms with Crippen molar-refractivity contribution in [2.24, 2.45) is 4.99 Å². The average molecular weight is 448 g/mol. The summed E-state index contributed by atoms with van der Waals surface area (Å²) in [5.41, 5.74) is 3.75. The predicted octanol–water partition coefficient (Wildman–Crippen LogP) is 4.73. The molecular weight excluding hydrogens is 422 g/mol. The number of nitrogens with zero attached hydrogens (tertiary/aromatic N) is 3. The van der Waals surface area contributed by atoms with Crippen LogP contribution in [0.4, 0.5) is 0 Å². The van der Waals surface area contributed by atoms with Gasteiger partial charge in [-0.25, -0.2) is 15.0 Å². The summed E-state index contributed by atoms with van der Waals surface area (Å²) in [4.78, 5) is 13.9. The predicted molar refractivity (Wildman–Crippen MR) is 128 cm³/mol. The Morgan fingerprint density at radius 3 is 2.56 bits per heavy atom. The van der Waals surface area contributed by atoms with Crippen molar-refractivity contribution < 1.29 is 9.15 Å². The molecule has 4 aromatic rings.